The molecule has 0 aromatic carbocycles. The Morgan fingerprint density at radius 1 is 0.938 bits per heavy atom. The normalized spacial score (nSPS) is 38.7. The van der Waals surface area contributed by atoms with Crippen LogP contribution in [0.25, 0.3) is 0 Å². The van der Waals surface area contributed by atoms with Crippen LogP contribution in [0.1, 0.15) is 44.9 Å². The number of sulfone groups is 1. The van der Waals surface area contributed by atoms with Gasteiger partial charge in [-0.2, -0.15) is 4.31 Å². The van der Waals surface area contributed by atoms with Gasteiger partial charge >= 0.3 is 0 Å². The number of sulfonamides is 1. The van der Waals surface area contributed by atoms with Crippen molar-refractivity contribution in [2.45, 2.75) is 50.2 Å². The van der Waals surface area contributed by atoms with Crippen LogP contribution < -0.4 is 5.32 Å². The van der Waals surface area contributed by atoms with Gasteiger partial charge in [-0.1, -0.05) is 0 Å². The summed E-state index contributed by atoms with van der Waals surface area (Å²) in [5.74, 6) is 1.41. The highest BCUT2D eigenvalue weighted by Crippen LogP contribution is 2.60. The molecule has 2 saturated heterocycles. The van der Waals surface area contributed by atoms with Gasteiger partial charge in [-0.15, -0.1) is 0 Å². The third-order valence-corrected chi connectivity index (χ3v) is 12.8. The Bertz CT molecular complexity index is 965. The van der Waals surface area contributed by atoms with Crippen molar-refractivity contribution < 1.29 is 26.4 Å². The molecule has 0 radical (unpaired) electrons. The second-order valence-electron chi connectivity index (χ2n) is 10.7. The summed E-state index contributed by atoms with van der Waals surface area (Å²) in [6.07, 6.45) is 6.76. The Morgan fingerprint density at radius 3 is 2.00 bits per heavy atom. The van der Waals surface area contributed by atoms with E-state index in [0.717, 1.165) is 19.3 Å². The molecule has 0 spiro atoms. The van der Waals surface area contributed by atoms with E-state index >= 15 is 0 Å². The van der Waals surface area contributed by atoms with E-state index in [1.54, 1.807) is 4.90 Å². The minimum atomic E-state index is -3.69. The third kappa shape index (κ3) is 4.09. The molecular formula is C21H33N3O6S2. The summed E-state index contributed by atoms with van der Waals surface area (Å²) in [5, 5.41) is 2.02. The van der Waals surface area contributed by atoms with E-state index in [2.05, 4.69) is 5.32 Å². The number of carbonyl (C=O) groups excluding carboxylic acids is 2. The molecular weight excluding hydrogens is 454 g/mol. The Morgan fingerprint density at radius 2 is 1.50 bits per heavy atom. The first kappa shape index (κ1) is 22.6. The first-order chi connectivity index (χ1) is 15.1. The topological polar surface area (TPSA) is 121 Å². The van der Waals surface area contributed by atoms with E-state index in [1.807, 2.05) is 0 Å². The molecule has 0 aromatic heterocycles. The van der Waals surface area contributed by atoms with E-state index in [4.69, 9.17) is 0 Å². The number of amides is 2. The van der Waals surface area contributed by atoms with Crippen LogP contribution in [0.2, 0.25) is 0 Å². The lowest BCUT2D eigenvalue weighted by molar-refractivity contribution is -0.148. The van der Waals surface area contributed by atoms with Gasteiger partial charge in [0.2, 0.25) is 21.8 Å². The van der Waals surface area contributed by atoms with E-state index in [0.29, 0.717) is 17.8 Å². The molecule has 1 atom stereocenters. The zero-order chi connectivity index (χ0) is 22.7. The van der Waals surface area contributed by atoms with Gasteiger partial charge in [-0.05, 0) is 62.7 Å². The van der Waals surface area contributed by atoms with Crippen LogP contribution in [-0.4, -0.2) is 87.3 Å². The molecule has 6 rings (SSSR count). The van der Waals surface area contributed by atoms with Gasteiger partial charge in [0.25, 0.3) is 0 Å². The summed E-state index contributed by atoms with van der Waals surface area (Å²) in [5.41, 5.74) is -0.288. The van der Waals surface area contributed by atoms with Gasteiger partial charge in [0.05, 0.1) is 23.3 Å². The van der Waals surface area contributed by atoms with Crippen molar-refractivity contribution in [2.24, 2.45) is 23.2 Å². The molecule has 6 aliphatic rings. The summed E-state index contributed by atoms with van der Waals surface area (Å²) in [6.45, 7) is 0.783. The van der Waals surface area contributed by atoms with Gasteiger partial charge in [0, 0.05) is 31.6 Å². The molecule has 6 fully saturated rings. The first-order valence-electron chi connectivity index (χ1n) is 11.8. The van der Waals surface area contributed by atoms with Crippen LogP contribution in [0.4, 0.5) is 0 Å². The van der Waals surface area contributed by atoms with Crippen molar-refractivity contribution in [3.63, 3.8) is 0 Å². The number of rotatable bonds is 5. The standard InChI is InChI=1S/C21H33N3O6S2/c25-19(13-22-20(26)21-10-15-7-16(11-21)9-17(8-15)12-21)23-2-4-24(5-3-23)32(29,30)18-1-6-31(27,28)14-18/h15-18H,1-14H2,(H,22,26). The van der Waals surface area contributed by atoms with E-state index in [9.17, 15) is 26.4 Å². The number of hydrogen-bond donors (Lipinski definition) is 1. The lowest BCUT2D eigenvalue weighted by Crippen LogP contribution is -2.56. The largest absolute Gasteiger partial charge is 0.347 e. The molecule has 0 aromatic rings. The molecule has 4 bridgehead atoms. The SMILES string of the molecule is O=C(CNC(=O)C12CC3CC(CC(C3)C1)C2)N1CCN(S(=O)(=O)C2CCS(=O)(=O)C2)CC1. The minimum absolute atomic E-state index is 0.0219. The molecule has 32 heavy (non-hydrogen) atoms. The number of hydrogen-bond acceptors (Lipinski definition) is 6. The van der Waals surface area contributed by atoms with Crippen molar-refractivity contribution in [2.75, 3.05) is 44.2 Å². The van der Waals surface area contributed by atoms with Crippen LogP contribution in [0.15, 0.2) is 0 Å². The Balaban J connectivity index is 1.12. The van der Waals surface area contributed by atoms with Crippen molar-refractivity contribution in [3.05, 3.63) is 0 Å². The summed E-state index contributed by atoms with van der Waals surface area (Å²) in [6, 6.07) is 0. The number of carbonyl (C=O) groups is 2. The van der Waals surface area contributed by atoms with Crippen LogP contribution in [0, 0.1) is 23.2 Å². The lowest BCUT2D eigenvalue weighted by atomic mass is 9.49. The van der Waals surface area contributed by atoms with Gasteiger partial charge in [-0.3, -0.25) is 9.59 Å². The monoisotopic (exact) mass is 487 g/mol. The number of piperazine rings is 1. The Kier molecular flexibility index (Phi) is 5.60. The molecule has 11 heteroatoms. The number of nitrogens with one attached hydrogen (secondary N) is 1. The lowest BCUT2D eigenvalue weighted by Gasteiger charge is -2.55. The van der Waals surface area contributed by atoms with Gasteiger partial charge < -0.3 is 10.2 Å². The fourth-order valence-electron chi connectivity index (χ4n) is 7.24. The zero-order valence-electron chi connectivity index (χ0n) is 18.4. The molecule has 4 saturated carbocycles. The highest BCUT2D eigenvalue weighted by molar-refractivity contribution is 7.95. The second-order valence-corrected chi connectivity index (χ2v) is 15.2. The van der Waals surface area contributed by atoms with E-state index < -0.39 is 25.1 Å². The molecule has 9 nitrogen and oxygen atoms in total. The molecule has 1 unspecified atom stereocenters. The van der Waals surface area contributed by atoms with Gasteiger partial charge in [-0.25, -0.2) is 16.8 Å². The van der Waals surface area contributed by atoms with Crippen LogP contribution in [0.3, 0.4) is 0 Å². The summed E-state index contributed by atoms with van der Waals surface area (Å²) < 4.78 is 50.2. The van der Waals surface area contributed by atoms with Crippen molar-refractivity contribution in [3.8, 4) is 0 Å². The van der Waals surface area contributed by atoms with Crippen LogP contribution in [0.5, 0.6) is 0 Å². The van der Waals surface area contributed by atoms with Crippen LogP contribution >= 0.6 is 0 Å². The van der Waals surface area contributed by atoms with Crippen molar-refractivity contribution in [1.29, 1.82) is 0 Å². The maximum absolute atomic E-state index is 13.0. The summed E-state index contributed by atoms with van der Waals surface area (Å²) in [4.78, 5) is 27.3. The Hall–Kier alpha value is -1.20. The molecule has 180 valence electrons. The minimum Gasteiger partial charge on any atom is -0.347 e. The predicted molar refractivity (Wildman–Crippen MR) is 118 cm³/mol. The average molecular weight is 488 g/mol. The predicted octanol–water partition coefficient (Wildman–Crippen LogP) is -0.0199. The van der Waals surface area contributed by atoms with E-state index in [1.165, 1.54) is 23.6 Å². The van der Waals surface area contributed by atoms with Crippen molar-refractivity contribution in [1.82, 2.24) is 14.5 Å². The smallest absolute Gasteiger partial charge is 0.242 e. The molecule has 2 aliphatic heterocycles. The molecule has 2 heterocycles. The molecule has 4 aliphatic carbocycles. The van der Waals surface area contributed by atoms with Crippen molar-refractivity contribution >= 4 is 31.7 Å². The van der Waals surface area contributed by atoms with Gasteiger partial charge in [0.15, 0.2) is 9.84 Å². The summed E-state index contributed by atoms with van der Waals surface area (Å²) >= 11 is 0. The highest BCUT2D eigenvalue weighted by Gasteiger charge is 2.54. The van der Waals surface area contributed by atoms with Crippen LogP contribution in [-0.2, 0) is 29.4 Å². The number of nitrogens with zero attached hydrogens (tertiary/aromatic N) is 2. The van der Waals surface area contributed by atoms with E-state index in [-0.39, 0.29) is 67.9 Å². The fraction of sp³-hybridized carbons (Fsp3) is 0.905. The highest BCUT2D eigenvalue weighted by atomic mass is 32.2. The first-order valence-corrected chi connectivity index (χ1v) is 15.1. The fourth-order valence-corrected chi connectivity index (χ4v) is 11.8. The quantitative estimate of drug-likeness (QED) is 0.582. The maximum Gasteiger partial charge on any atom is 0.242 e. The van der Waals surface area contributed by atoms with Gasteiger partial charge in [0.1, 0.15) is 0 Å². The zero-order valence-corrected chi connectivity index (χ0v) is 20.0. The second kappa shape index (κ2) is 7.94. The maximum atomic E-state index is 13.0. The third-order valence-electron chi connectivity index (χ3n) is 8.48. The summed E-state index contributed by atoms with van der Waals surface area (Å²) in [7, 11) is -6.97. The average Bonchev–Trinajstić information content (AvgIpc) is 3.11. The molecule has 1 N–H and O–H groups in total. The Labute approximate surface area is 190 Å². The molecule has 2 amide bonds.